The number of rotatable bonds is 6. The van der Waals surface area contributed by atoms with E-state index in [1.807, 2.05) is 11.0 Å². The summed E-state index contributed by atoms with van der Waals surface area (Å²) in [5, 5.41) is 6.62. The SMILES string of the molecule is NC(=O)NCC(=O)N(Cc1cccc(-c2ccsc2)c1)C12CC(C1)C2. The lowest BCUT2D eigenvalue weighted by atomic mass is 9.49. The zero-order valence-electron chi connectivity index (χ0n) is 13.9. The van der Waals surface area contributed by atoms with Crippen molar-refractivity contribution in [2.24, 2.45) is 11.7 Å². The average molecular weight is 355 g/mol. The summed E-state index contributed by atoms with van der Waals surface area (Å²) in [4.78, 5) is 25.6. The van der Waals surface area contributed by atoms with Crippen LogP contribution >= 0.6 is 11.3 Å². The molecular formula is C19H21N3O2S. The Morgan fingerprint density at radius 3 is 2.64 bits per heavy atom. The Bertz CT molecular complexity index is 786. The third-order valence-electron chi connectivity index (χ3n) is 5.42. The summed E-state index contributed by atoms with van der Waals surface area (Å²) in [6.07, 6.45) is 3.25. The number of primary amides is 1. The Kier molecular flexibility index (Phi) is 4.00. The van der Waals surface area contributed by atoms with Gasteiger partial charge < -0.3 is 16.0 Å². The molecule has 3 amide bonds. The van der Waals surface area contributed by atoms with Crippen molar-refractivity contribution in [3.63, 3.8) is 0 Å². The molecule has 6 heteroatoms. The van der Waals surface area contributed by atoms with Gasteiger partial charge in [0.15, 0.2) is 0 Å². The number of urea groups is 1. The maximum Gasteiger partial charge on any atom is 0.312 e. The van der Waals surface area contributed by atoms with E-state index in [2.05, 4.69) is 40.3 Å². The van der Waals surface area contributed by atoms with E-state index in [1.165, 1.54) is 11.1 Å². The number of nitrogens with two attached hydrogens (primary N) is 1. The normalized spacial score (nSPS) is 23.3. The summed E-state index contributed by atoms with van der Waals surface area (Å²) in [7, 11) is 0. The molecule has 0 aliphatic heterocycles. The van der Waals surface area contributed by atoms with E-state index < -0.39 is 6.03 Å². The minimum absolute atomic E-state index is 0.000534. The maximum atomic E-state index is 12.7. The number of hydrogen-bond donors (Lipinski definition) is 2. The topological polar surface area (TPSA) is 75.4 Å². The van der Waals surface area contributed by atoms with Crippen LogP contribution in [0.5, 0.6) is 0 Å². The predicted octanol–water partition coefficient (Wildman–Crippen LogP) is 2.96. The van der Waals surface area contributed by atoms with Crippen LogP contribution in [0, 0.1) is 5.92 Å². The first-order valence-electron chi connectivity index (χ1n) is 8.51. The maximum absolute atomic E-state index is 12.7. The lowest BCUT2D eigenvalue weighted by Crippen LogP contribution is -2.70. The molecular weight excluding hydrogens is 334 g/mol. The number of amides is 3. The first kappa shape index (κ1) is 16.1. The van der Waals surface area contributed by atoms with Gasteiger partial charge in [-0.2, -0.15) is 11.3 Å². The van der Waals surface area contributed by atoms with E-state index in [-0.39, 0.29) is 18.0 Å². The van der Waals surface area contributed by atoms with Gasteiger partial charge >= 0.3 is 6.03 Å². The van der Waals surface area contributed by atoms with Crippen LogP contribution in [0.25, 0.3) is 11.1 Å². The molecule has 25 heavy (non-hydrogen) atoms. The van der Waals surface area contributed by atoms with E-state index in [9.17, 15) is 9.59 Å². The molecule has 1 heterocycles. The summed E-state index contributed by atoms with van der Waals surface area (Å²) < 4.78 is 0. The number of hydrogen-bond acceptors (Lipinski definition) is 3. The highest BCUT2D eigenvalue weighted by molar-refractivity contribution is 7.08. The lowest BCUT2D eigenvalue weighted by molar-refractivity contribution is -0.173. The highest BCUT2D eigenvalue weighted by atomic mass is 32.1. The fourth-order valence-corrected chi connectivity index (χ4v) is 4.67. The molecule has 5 nitrogen and oxygen atoms in total. The molecule has 0 spiro atoms. The summed E-state index contributed by atoms with van der Waals surface area (Å²) >= 11 is 1.68. The summed E-state index contributed by atoms with van der Waals surface area (Å²) in [6.45, 7) is 0.538. The van der Waals surface area contributed by atoms with Crippen LogP contribution in [0.2, 0.25) is 0 Å². The van der Waals surface area contributed by atoms with Crippen molar-refractivity contribution in [3.05, 3.63) is 46.7 Å². The predicted molar refractivity (Wildman–Crippen MR) is 98.0 cm³/mol. The Morgan fingerprint density at radius 1 is 1.24 bits per heavy atom. The molecule has 130 valence electrons. The number of nitrogens with one attached hydrogen (secondary N) is 1. The van der Waals surface area contributed by atoms with Crippen molar-refractivity contribution < 1.29 is 9.59 Å². The van der Waals surface area contributed by atoms with Crippen LogP contribution in [0.1, 0.15) is 24.8 Å². The van der Waals surface area contributed by atoms with Gasteiger partial charge in [0.05, 0.1) is 6.54 Å². The van der Waals surface area contributed by atoms with Crippen LogP contribution < -0.4 is 11.1 Å². The van der Waals surface area contributed by atoms with Crippen LogP contribution in [0.4, 0.5) is 4.79 Å². The second-order valence-corrected chi connectivity index (χ2v) is 7.89. The average Bonchev–Trinajstić information content (AvgIpc) is 3.03. The molecule has 0 radical (unpaired) electrons. The lowest BCUT2D eigenvalue weighted by Gasteiger charge is -2.66. The summed E-state index contributed by atoms with van der Waals surface area (Å²) in [5.74, 6) is 0.717. The molecule has 5 rings (SSSR count). The fraction of sp³-hybridized carbons (Fsp3) is 0.368. The number of carbonyl (C=O) groups excluding carboxylic acids is 2. The Morgan fingerprint density at radius 2 is 2.04 bits per heavy atom. The highest BCUT2D eigenvalue weighted by Gasteiger charge is 2.60. The van der Waals surface area contributed by atoms with E-state index in [4.69, 9.17) is 5.73 Å². The van der Waals surface area contributed by atoms with Gasteiger partial charge in [0.1, 0.15) is 0 Å². The molecule has 3 aliphatic carbocycles. The monoisotopic (exact) mass is 355 g/mol. The first-order chi connectivity index (χ1) is 12.1. The first-order valence-corrected chi connectivity index (χ1v) is 9.45. The summed E-state index contributed by atoms with van der Waals surface area (Å²) in [5.41, 5.74) is 8.59. The highest BCUT2D eigenvalue weighted by Crippen LogP contribution is 2.60. The minimum Gasteiger partial charge on any atom is -0.352 e. The molecule has 3 saturated carbocycles. The molecule has 0 saturated heterocycles. The van der Waals surface area contributed by atoms with Crippen LogP contribution in [-0.2, 0) is 11.3 Å². The molecule has 3 N–H and O–H groups in total. The number of thiophene rings is 1. The van der Waals surface area contributed by atoms with Gasteiger partial charge in [-0.05, 0) is 64.8 Å². The zero-order chi connectivity index (χ0) is 17.4. The third-order valence-corrected chi connectivity index (χ3v) is 6.10. The zero-order valence-corrected chi connectivity index (χ0v) is 14.7. The number of carbonyl (C=O) groups is 2. The van der Waals surface area contributed by atoms with Crippen molar-refractivity contribution >= 4 is 23.3 Å². The second-order valence-electron chi connectivity index (χ2n) is 7.11. The Hall–Kier alpha value is -2.34. The fourth-order valence-electron chi connectivity index (χ4n) is 4.00. The van der Waals surface area contributed by atoms with Crippen LogP contribution in [-0.4, -0.2) is 28.9 Å². The standard InChI is InChI=1S/C19H21N3O2S/c20-18(24)21-10-17(23)22(19-7-14(8-19)9-19)11-13-2-1-3-15(6-13)16-4-5-25-12-16/h1-6,12,14H,7-11H2,(H3,20,21,24). The van der Waals surface area contributed by atoms with Crippen molar-refractivity contribution in [1.29, 1.82) is 0 Å². The smallest absolute Gasteiger partial charge is 0.312 e. The van der Waals surface area contributed by atoms with Gasteiger partial charge in [-0.3, -0.25) is 4.79 Å². The molecule has 1 aromatic heterocycles. The van der Waals surface area contributed by atoms with Gasteiger partial charge in [0.25, 0.3) is 0 Å². The quantitative estimate of drug-likeness (QED) is 0.836. The number of nitrogens with zero attached hydrogens (tertiary/aromatic N) is 1. The van der Waals surface area contributed by atoms with Crippen LogP contribution in [0.15, 0.2) is 41.1 Å². The Balaban J connectivity index is 1.53. The van der Waals surface area contributed by atoms with Crippen molar-refractivity contribution in [3.8, 4) is 11.1 Å². The van der Waals surface area contributed by atoms with E-state index in [1.54, 1.807) is 11.3 Å². The van der Waals surface area contributed by atoms with E-state index in [0.717, 1.165) is 30.7 Å². The largest absolute Gasteiger partial charge is 0.352 e. The van der Waals surface area contributed by atoms with Crippen molar-refractivity contribution in [2.75, 3.05) is 6.54 Å². The van der Waals surface area contributed by atoms with Gasteiger partial charge in [0.2, 0.25) is 5.91 Å². The van der Waals surface area contributed by atoms with E-state index >= 15 is 0 Å². The molecule has 3 fully saturated rings. The molecule has 2 aromatic rings. The second kappa shape index (κ2) is 6.19. The number of benzene rings is 1. The van der Waals surface area contributed by atoms with Gasteiger partial charge in [-0.15, -0.1) is 0 Å². The molecule has 0 atom stereocenters. The molecule has 3 aliphatic rings. The molecule has 0 unspecified atom stereocenters. The van der Waals surface area contributed by atoms with Gasteiger partial charge in [-0.25, -0.2) is 4.79 Å². The minimum atomic E-state index is -0.662. The van der Waals surface area contributed by atoms with Crippen molar-refractivity contribution in [2.45, 2.75) is 31.3 Å². The van der Waals surface area contributed by atoms with Gasteiger partial charge in [-0.1, -0.05) is 18.2 Å². The van der Waals surface area contributed by atoms with Gasteiger partial charge in [0, 0.05) is 12.1 Å². The third kappa shape index (κ3) is 3.02. The molecule has 1 aromatic carbocycles. The Labute approximate surface area is 150 Å². The van der Waals surface area contributed by atoms with E-state index in [0.29, 0.717) is 6.54 Å². The van der Waals surface area contributed by atoms with Crippen LogP contribution in [0.3, 0.4) is 0 Å². The summed E-state index contributed by atoms with van der Waals surface area (Å²) in [6, 6.07) is 9.77. The van der Waals surface area contributed by atoms with Crippen molar-refractivity contribution in [1.82, 2.24) is 10.2 Å². The molecule has 2 bridgehead atoms.